The zero-order chi connectivity index (χ0) is 11.5. The fourth-order valence-corrected chi connectivity index (χ4v) is 1.63. The highest BCUT2D eigenvalue weighted by Crippen LogP contribution is 2.29. The van der Waals surface area contributed by atoms with Crippen LogP contribution in [-0.4, -0.2) is 12.2 Å². The van der Waals surface area contributed by atoms with Crippen LogP contribution in [-0.2, 0) is 5.60 Å². The summed E-state index contributed by atoms with van der Waals surface area (Å²) < 4.78 is 18.2. The molecule has 0 bridgehead atoms. The summed E-state index contributed by atoms with van der Waals surface area (Å²) in [4.78, 5) is 0. The summed E-state index contributed by atoms with van der Waals surface area (Å²) in [5, 5.41) is 10.1. The zero-order valence-electron chi connectivity index (χ0n) is 9.38. The third-order valence-electron chi connectivity index (χ3n) is 2.51. The van der Waals surface area contributed by atoms with Crippen LogP contribution in [0.4, 0.5) is 4.39 Å². The predicted octanol–water partition coefficient (Wildman–Crippen LogP) is 2.84. The van der Waals surface area contributed by atoms with Gasteiger partial charge in [0.25, 0.3) is 0 Å². The maximum atomic E-state index is 13.4. The lowest BCUT2D eigenvalue weighted by Crippen LogP contribution is -2.20. The summed E-state index contributed by atoms with van der Waals surface area (Å²) in [5.41, 5.74) is -0.385. The average molecular weight is 212 g/mol. The van der Waals surface area contributed by atoms with Crippen LogP contribution in [0.3, 0.4) is 0 Å². The highest BCUT2D eigenvalue weighted by Gasteiger charge is 2.22. The van der Waals surface area contributed by atoms with Gasteiger partial charge < -0.3 is 9.84 Å². The summed E-state index contributed by atoms with van der Waals surface area (Å²) in [6.45, 7) is 3.67. The van der Waals surface area contributed by atoms with Gasteiger partial charge in [-0.1, -0.05) is 19.4 Å². The molecule has 0 amide bonds. The fourth-order valence-electron chi connectivity index (χ4n) is 1.63. The van der Waals surface area contributed by atoms with E-state index in [4.69, 9.17) is 4.74 Å². The van der Waals surface area contributed by atoms with Crippen LogP contribution in [0.2, 0.25) is 0 Å². The van der Waals surface area contributed by atoms with Gasteiger partial charge in [0.1, 0.15) is 0 Å². The van der Waals surface area contributed by atoms with Crippen molar-refractivity contribution in [2.24, 2.45) is 0 Å². The number of rotatable bonds is 4. The second kappa shape index (κ2) is 4.62. The Labute approximate surface area is 89.7 Å². The summed E-state index contributed by atoms with van der Waals surface area (Å²) in [6.07, 6.45) is 1.46. The van der Waals surface area contributed by atoms with Gasteiger partial charge in [0.05, 0.1) is 12.7 Å². The number of hydrogen-bond acceptors (Lipinski definition) is 2. The Balaban J connectivity index is 3.01. The monoisotopic (exact) mass is 212 g/mol. The maximum absolute atomic E-state index is 13.4. The predicted molar refractivity (Wildman–Crippen MR) is 57.4 cm³/mol. The van der Waals surface area contributed by atoms with Crippen molar-refractivity contribution in [1.82, 2.24) is 0 Å². The molecule has 0 fully saturated rings. The number of methoxy groups -OCH3 is 1. The third-order valence-corrected chi connectivity index (χ3v) is 2.51. The minimum Gasteiger partial charge on any atom is -0.494 e. The number of hydrogen-bond donors (Lipinski definition) is 1. The van der Waals surface area contributed by atoms with Crippen molar-refractivity contribution in [2.45, 2.75) is 32.3 Å². The third kappa shape index (κ3) is 2.69. The van der Waals surface area contributed by atoms with E-state index in [0.29, 0.717) is 12.0 Å². The lowest BCUT2D eigenvalue weighted by atomic mass is 9.91. The standard InChI is InChI=1S/C12H17FO2/c1-4-7-12(2,14)9-5-6-11(15-3)10(13)8-9/h5-6,8,14H,4,7H2,1-3H3. The summed E-state index contributed by atoms with van der Waals surface area (Å²) in [7, 11) is 1.42. The zero-order valence-corrected chi connectivity index (χ0v) is 9.38. The molecule has 0 aromatic heterocycles. The first kappa shape index (κ1) is 12.0. The minimum atomic E-state index is -0.970. The van der Waals surface area contributed by atoms with Gasteiger partial charge in [-0.2, -0.15) is 0 Å². The second-order valence-electron chi connectivity index (χ2n) is 3.87. The van der Waals surface area contributed by atoms with Crippen LogP contribution in [0.1, 0.15) is 32.3 Å². The van der Waals surface area contributed by atoms with Gasteiger partial charge in [0, 0.05) is 0 Å². The van der Waals surface area contributed by atoms with Gasteiger partial charge in [0.2, 0.25) is 0 Å². The molecule has 3 heteroatoms. The average Bonchev–Trinajstić information content (AvgIpc) is 2.17. The summed E-state index contributed by atoms with van der Waals surface area (Å²) >= 11 is 0. The van der Waals surface area contributed by atoms with Crippen molar-refractivity contribution >= 4 is 0 Å². The van der Waals surface area contributed by atoms with E-state index < -0.39 is 11.4 Å². The first-order valence-corrected chi connectivity index (χ1v) is 5.07. The molecule has 1 unspecified atom stereocenters. The largest absolute Gasteiger partial charge is 0.494 e. The molecule has 1 aromatic rings. The van der Waals surface area contributed by atoms with E-state index in [1.807, 2.05) is 6.92 Å². The quantitative estimate of drug-likeness (QED) is 0.831. The lowest BCUT2D eigenvalue weighted by molar-refractivity contribution is 0.0466. The molecule has 0 saturated heterocycles. The topological polar surface area (TPSA) is 29.5 Å². The molecule has 0 radical (unpaired) electrons. The van der Waals surface area contributed by atoms with Gasteiger partial charge >= 0.3 is 0 Å². The van der Waals surface area contributed by atoms with E-state index >= 15 is 0 Å². The van der Waals surface area contributed by atoms with E-state index in [9.17, 15) is 9.50 Å². The van der Waals surface area contributed by atoms with Crippen LogP contribution in [0.25, 0.3) is 0 Å². The number of benzene rings is 1. The van der Waals surface area contributed by atoms with Crippen LogP contribution in [0.5, 0.6) is 5.75 Å². The molecule has 2 nitrogen and oxygen atoms in total. The van der Waals surface area contributed by atoms with Gasteiger partial charge in [-0.25, -0.2) is 4.39 Å². The first-order valence-electron chi connectivity index (χ1n) is 5.07. The normalized spacial score (nSPS) is 14.7. The highest BCUT2D eigenvalue weighted by atomic mass is 19.1. The Hall–Kier alpha value is -1.09. The number of halogens is 1. The van der Waals surface area contributed by atoms with Crippen molar-refractivity contribution in [3.05, 3.63) is 29.6 Å². The smallest absolute Gasteiger partial charge is 0.165 e. The van der Waals surface area contributed by atoms with E-state index in [2.05, 4.69) is 0 Å². The summed E-state index contributed by atoms with van der Waals surface area (Å²) in [6, 6.07) is 4.56. The molecule has 15 heavy (non-hydrogen) atoms. The van der Waals surface area contributed by atoms with Crippen molar-refractivity contribution in [1.29, 1.82) is 0 Å². The van der Waals surface area contributed by atoms with Crippen molar-refractivity contribution in [2.75, 3.05) is 7.11 Å². The van der Waals surface area contributed by atoms with Crippen molar-refractivity contribution in [3.63, 3.8) is 0 Å². The summed E-state index contributed by atoms with van der Waals surface area (Å²) in [5.74, 6) is -0.238. The van der Waals surface area contributed by atoms with Gasteiger partial charge in [-0.3, -0.25) is 0 Å². The molecule has 1 atom stereocenters. The molecule has 0 heterocycles. The van der Waals surface area contributed by atoms with Gasteiger partial charge in [0.15, 0.2) is 11.6 Å². The Bertz CT molecular complexity index is 334. The number of ether oxygens (including phenoxy) is 1. The molecule has 1 N–H and O–H groups in total. The first-order chi connectivity index (χ1) is 7.01. The Morgan fingerprint density at radius 2 is 2.13 bits per heavy atom. The SMILES string of the molecule is CCCC(C)(O)c1ccc(OC)c(F)c1. The lowest BCUT2D eigenvalue weighted by Gasteiger charge is -2.23. The maximum Gasteiger partial charge on any atom is 0.165 e. The minimum absolute atomic E-state index is 0.200. The molecule has 0 aliphatic carbocycles. The fraction of sp³-hybridized carbons (Fsp3) is 0.500. The molecule has 1 aromatic carbocycles. The van der Waals surface area contributed by atoms with E-state index in [-0.39, 0.29) is 5.75 Å². The van der Waals surface area contributed by atoms with Gasteiger partial charge in [-0.15, -0.1) is 0 Å². The Kier molecular flexibility index (Phi) is 3.69. The van der Waals surface area contributed by atoms with Crippen LogP contribution < -0.4 is 4.74 Å². The molecule has 0 aliphatic heterocycles. The highest BCUT2D eigenvalue weighted by molar-refractivity contribution is 5.32. The van der Waals surface area contributed by atoms with Gasteiger partial charge in [-0.05, 0) is 31.0 Å². The Morgan fingerprint density at radius 1 is 1.47 bits per heavy atom. The number of aliphatic hydroxyl groups is 1. The van der Waals surface area contributed by atoms with E-state index in [0.717, 1.165) is 6.42 Å². The molecule has 0 saturated carbocycles. The van der Waals surface area contributed by atoms with E-state index in [1.165, 1.54) is 19.2 Å². The van der Waals surface area contributed by atoms with Crippen LogP contribution in [0, 0.1) is 5.82 Å². The molecule has 0 spiro atoms. The van der Waals surface area contributed by atoms with Crippen LogP contribution in [0.15, 0.2) is 18.2 Å². The molecule has 0 aliphatic rings. The molecular formula is C12H17FO2. The van der Waals surface area contributed by atoms with Crippen LogP contribution >= 0.6 is 0 Å². The molecular weight excluding hydrogens is 195 g/mol. The van der Waals surface area contributed by atoms with Crippen molar-refractivity contribution < 1.29 is 14.2 Å². The van der Waals surface area contributed by atoms with E-state index in [1.54, 1.807) is 13.0 Å². The van der Waals surface area contributed by atoms with Crippen molar-refractivity contribution in [3.8, 4) is 5.75 Å². The Morgan fingerprint density at radius 3 is 2.60 bits per heavy atom. The second-order valence-corrected chi connectivity index (χ2v) is 3.87. The molecule has 84 valence electrons. The molecule has 1 rings (SSSR count).